The summed E-state index contributed by atoms with van der Waals surface area (Å²) in [6.45, 7) is 3.98. The number of carbonyl (C=O) groups is 1. The van der Waals surface area contributed by atoms with E-state index >= 15 is 0 Å². The molecule has 0 spiro atoms. The summed E-state index contributed by atoms with van der Waals surface area (Å²) < 4.78 is 5.13. The summed E-state index contributed by atoms with van der Waals surface area (Å²) in [5.41, 5.74) is 1.28. The van der Waals surface area contributed by atoms with Gasteiger partial charge in [0.25, 0.3) is 0 Å². The summed E-state index contributed by atoms with van der Waals surface area (Å²) in [6, 6.07) is 8.24. The molecule has 2 atom stereocenters. The standard InChI is InChI=1S/C15H24N2O2/c1-11(17-12(2)15(18)16-3)5-6-13-7-9-14(19-4)10-8-13/h7-12,17H,5-6H2,1-4H3,(H,16,18). The number of carbonyl (C=O) groups excluding carboxylic acids is 1. The second kappa shape index (κ2) is 7.79. The van der Waals surface area contributed by atoms with Gasteiger partial charge in [-0.15, -0.1) is 0 Å². The molecule has 4 heteroatoms. The monoisotopic (exact) mass is 264 g/mol. The molecule has 0 aliphatic rings. The maximum absolute atomic E-state index is 11.4. The van der Waals surface area contributed by atoms with Crippen LogP contribution in [0.3, 0.4) is 0 Å². The van der Waals surface area contributed by atoms with Crippen molar-refractivity contribution >= 4 is 5.91 Å². The van der Waals surface area contributed by atoms with Crippen LogP contribution in [0.25, 0.3) is 0 Å². The Bertz CT molecular complexity index is 390. The molecule has 1 aromatic carbocycles. The smallest absolute Gasteiger partial charge is 0.236 e. The highest BCUT2D eigenvalue weighted by atomic mass is 16.5. The highest BCUT2D eigenvalue weighted by Gasteiger charge is 2.13. The Morgan fingerprint density at radius 2 is 1.89 bits per heavy atom. The largest absolute Gasteiger partial charge is 0.497 e. The van der Waals surface area contributed by atoms with Gasteiger partial charge >= 0.3 is 0 Å². The number of methoxy groups -OCH3 is 1. The minimum atomic E-state index is -0.157. The molecule has 2 unspecified atom stereocenters. The minimum Gasteiger partial charge on any atom is -0.497 e. The van der Waals surface area contributed by atoms with Gasteiger partial charge < -0.3 is 15.4 Å². The van der Waals surface area contributed by atoms with Gasteiger partial charge in [0.05, 0.1) is 13.2 Å². The highest BCUT2D eigenvalue weighted by molar-refractivity contribution is 5.80. The molecule has 2 N–H and O–H groups in total. The predicted molar refractivity (Wildman–Crippen MR) is 77.4 cm³/mol. The lowest BCUT2D eigenvalue weighted by Gasteiger charge is -2.18. The summed E-state index contributed by atoms with van der Waals surface area (Å²) in [5, 5.41) is 5.93. The number of nitrogens with one attached hydrogen (secondary N) is 2. The van der Waals surface area contributed by atoms with E-state index in [0.717, 1.165) is 18.6 Å². The van der Waals surface area contributed by atoms with Crippen molar-refractivity contribution in [1.29, 1.82) is 0 Å². The third-order valence-electron chi connectivity index (χ3n) is 3.20. The summed E-state index contributed by atoms with van der Waals surface area (Å²) in [6.07, 6.45) is 1.98. The number of ether oxygens (including phenoxy) is 1. The molecule has 1 amide bonds. The van der Waals surface area contributed by atoms with Crippen LogP contribution in [0.4, 0.5) is 0 Å². The summed E-state index contributed by atoms with van der Waals surface area (Å²) in [7, 11) is 3.32. The second-order valence-corrected chi connectivity index (χ2v) is 4.79. The van der Waals surface area contributed by atoms with Crippen molar-refractivity contribution in [2.75, 3.05) is 14.2 Å². The number of aryl methyl sites for hydroxylation is 1. The Kier molecular flexibility index (Phi) is 6.36. The van der Waals surface area contributed by atoms with E-state index in [1.165, 1.54) is 5.56 Å². The number of hydrogen-bond acceptors (Lipinski definition) is 3. The first kappa shape index (κ1) is 15.5. The van der Waals surface area contributed by atoms with E-state index in [2.05, 4.69) is 29.7 Å². The van der Waals surface area contributed by atoms with Gasteiger partial charge in [0.2, 0.25) is 5.91 Å². The Hall–Kier alpha value is -1.55. The zero-order chi connectivity index (χ0) is 14.3. The minimum absolute atomic E-state index is 0.0243. The molecule has 0 saturated heterocycles. The first-order chi connectivity index (χ1) is 9.06. The lowest BCUT2D eigenvalue weighted by Crippen LogP contribution is -2.44. The molecule has 0 aliphatic heterocycles. The first-order valence-corrected chi connectivity index (χ1v) is 6.67. The van der Waals surface area contributed by atoms with E-state index in [1.54, 1.807) is 14.2 Å². The van der Waals surface area contributed by atoms with Crippen LogP contribution >= 0.6 is 0 Å². The Morgan fingerprint density at radius 3 is 2.42 bits per heavy atom. The zero-order valence-electron chi connectivity index (χ0n) is 12.2. The van der Waals surface area contributed by atoms with Crippen molar-refractivity contribution in [3.63, 3.8) is 0 Å². The highest BCUT2D eigenvalue weighted by Crippen LogP contribution is 2.13. The van der Waals surface area contributed by atoms with Crippen molar-refractivity contribution in [2.24, 2.45) is 0 Å². The normalized spacial score (nSPS) is 13.7. The molecule has 0 bridgehead atoms. The quantitative estimate of drug-likeness (QED) is 0.788. The van der Waals surface area contributed by atoms with Gasteiger partial charge in [-0.25, -0.2) is 0 Å². The molecule has 0 heterocycles. The van der Waals surface area contributed by atoms with Gasteiger partial charge in [-0.05, 0) is 44.4 Å². The molecule has 106 valence electrons. The topological polar surface area (TPSA) is 50.4 Å². The molecule has 0 saturated carbocycles. The predicted octanol–water partition coefficient (Wildman–Crippen LogP) is 1.74. The van der Waals surface area contributed by atoms with E-state index in [4.69, 9.17) is 4.74 Å². The maximum Gasteiger partial charge on any atom is 0.236 e. The molecule has 4 nitrogen and oxygen atoms in total. The van der Waals surface area contributed by atoms with Crippen molar-refractivity contribution in [1.82, 2.24) is 10.6 Å². The Labute approximate surface area is 115 Å². The van der Waals surface area contributed by atoms with Crippen LogP contribution < -0.4 is 15.4 Å². The Balaban J connectivity index is 2.36. The molecule has 0 radical (unpaired) electrons. The summed E-state index contributed by atoms with van der Waals surface area (Å²) in [4.78, 5) is 11.4. The van der Waals surface area contributed by atoms with Gasteiger partial charge in [0.15, 0.2) is 0 Å². The van der Waals surface area contributed by atoms with Crippen LogP contribution in [0.1, 0.15) is 25.8 Å². The van der Waals surface area contributed by atoms with Crippen LogP contribution in [0.15, 0.2) is 24.3 Å². The third kappa shape index (κ3) is 5.30. The van der Waals surface area contributed by atoms with E-state index in [-0.39, 0.29) is 11.9 Å². The molecule has 0 aromatic heterocycles. The zero-order valence-corrected chi connectivity index (χ0v) is 12.2. The van der Waals surface area contributed by atoms with Crippen molar-refractivity contribution in [3.05, 3.63) is 29.8 Å². The second-order valence-electron chi connectivity index (χ2n) is 4.79. The molecule has 1 aromatic rings. The number of benzene rings is 1. The number of rotatable bonds is 7. The lowest BCUT2D eigenvalue weighted by atomic mass is 10.1. The number of hydrogen-bond donors (Lipinski definition) is 2. The van der Waals surface area contributed by atoms with Crippen LogP contribution in [0, 0.1) is 0 Å². The van der Waals surface area contributed by atoms with E-state index in [1.807, 2.05) is 19.1 Å². The molecule has 0 aliphatic carbocycles. The number of amides is 1. The fourth-order valence-electron chi connectivity index (χ4n) is 1.98. The lowest BCUT2D eigenvalue weighted by molar-refractivity contribution is -0.122. The van der Waals surface area contributed by atoms with Crippen LogP contribution in [-0.4, -0.2) is 32.1 Å². The first-order valence-electron chi connectivity index (χ1n) is 6.67. The molecule has 1 rings (SSSR count). The summed E-state index contributed by atoms with van der Waals surface area (Å²) >= 11 is 0. The SMILES string of the molecule is CNC(=O)C(C)NC(C)CCc1ccc(OC)cc1. The maximum atomic E-state index is 11.4. The van der Waals surface area contributed by atoms with Crippen LogP contribution in [0.5, 0.6) is 5.75 Å². The van der Waals surface area contributed by atoms with Gasteiger partial charge in [-0.2, -0.15) is 0 Å². The van der Waals surface area contributed by atoms with Gasteiger partial charge in [0, 0.05) is 13.1 Å². The van der Waals surface area contributed by atoms with Crippen molar-refractivity contribution in [2.45, 2.75) is 38.8 Å². The van der Waals surface area contributed by atoms with Gasteiger partial charge in [-0.1, -0.05) is 12.1 Å². The average Bonchev–Trinajstić information content (AvgIpc) is 2.44. The van der Waals surface area contributed by atoms with Crippen molar-refractivity contribution in [3.8, 4) is 5.75 Å². The van der Waals surface area contributed by atoms with Gasteiger partial charge in [-0.3, -0.25) is 4.79 Å². The number of likely N-dealkylation sites (N-methyl/N-ethyl adjacent to an activating group) is 1. The van der Waals surface area contributed by atoms with Crippen molar-refractivity contribution < 1.29 is 9.53 Å². The van der Waals surface area contributed by atoms with E-state index < -0.39 is 0 Å². The van der Waals surface area contributed by atoms with E-state index in [9.17, 15) is 4.79 Å². The average molecular weight is 264 g/mol. The summed E-state index contributed by atoms with van der Waals surface area (Å²) in [5.74, 6) is 0.902. The third-order valence-corrected chi connectivity index (χ3v) is 3.20. The Morgan fingerprint density at radius 1 is 1.26 bits per heavy atom. The fraction of sp³-hybridized carbons (Fsp3) is 0.533. The van der Waals surface area contributed by atoms with Crippen LogP contribution in [-0.2, 0) is 11.2 Å². The fourth-order valence-corrected chi connectivity index (χ4v) is 1.98. The van der Waals surface area contributed by atoms with Crippen LogP contribution in [0.2, 0.25) is 0 Å². The van der Waals surface area contributed by atoms with Gasteiger partial charge in [0.1, 0.15) is 5.75 Å². The molecular weight excluding hydrogens is 240 g/mol. The molecule has 0 fully saturated rings. The molecule has 19 heavy (non-hydrogen) atoms. The van der Waals surface area contributed by atoms with E-state index in [0.29, 0.717) is 6.04 Å². The molecular formula is C15H24N2O2.